The Kier molecular flexibility index (Phi) is 6.40. The van der Waals surface area contributed by atoms with E-state index in [0.29, 0.717) is 38.5 Å². The number of nitrogens with one attached hydrogen (secondary N) is 2. The van der Waals surface area contributed by atoms with Gasteiger partial charge in [0.05, 0.1) is 23.7 Å². The molecule has 28 heavy (non-hydrogen) atoms. The zero-order valence-electron chi connectivity index (χ0n) is 16.1. The van der Waals surface area contributed by atoms with Gasteiger partial charge in [0.25, 0.3) is 0 Å². The van der Waals surface area contributed by atoms with Crippen molar-refractivity contribution in [1.82, 2.24) is 10.6 Å². The van der Waals surface area contributed by atoms with Gasteiger partial charge in [0.15, 0.2) is 0 Å². The van der Waals surface area contributed by atoms with Crippen LogP contribution in [0, 0.1) is 5.92 Å². The van der Waals surface area contributed by atoms with E-state index in [4.69, 9.17) is 32.7 Å². The van der Waals surface area contributed by atoms with E-state index in [-0.39, 0.29) is 6.10 Å². The maximum atomic E-state index is 13.1. The third kappa shape index (κ3) is 4.39. The number of carbonyl (C=O) groups is 2. The first kappa shape index (κ1) is 20.8. The molecular weight excluding hydrogens is 403 g/mol. The molecule has 0 saturated heterocycles. The molecule has 1 saturated carbocycles. The molecule has 2 amide bonds. The van der Waals surface area contributed by atoms with Crippen LogP contribution in [-0.4, -0.2) is 25.2 Å². The number of allylic oxidation sites excluding steroid dienone is 1. The lowest BCUT2D eigenvalue weighted by atomic mass is 9.88. The van der Waals surface area contributed by atoms with Crippen LogP contribution >= 0.6 is 23.2 Å². The van der Waals surface area contributed by atoms with E-state index in [1.165, 1.54) is 7.11 Å². The van der Waals surface area contributed by atoms with Crippen LogP contribution in [0.25, 0.3) is 0 Å². The van der Waals surface area contributed by atoms with E-state index in [9.17, 15) is 9.59 Å². The molecule has 2 aliphatic rings. The summed E-state index contributed by atoms with van der Waals surface area (Å²) in [5.74, 6) is 0.406. The SMILES string of the molecule is COc1c(Cl)cc(Cl)cc1[C@@H]1NC(=O)NC(C)=C1C(=O)O[C@@H]1CCC[C@@H](C)C1. The Balaban J connectivity index is 1.96. The quantitative estimate of drug-likeness (QED) is 0.680. The summed E-state index contributed by atoms with van der Waals surface area (Å²) in [5, 5.41) is 6.08. The normalized spacial score (nSPS) is 25.0. The van der Waals surface area contributed by atoms with E-state index in [2.05, 4.69) is 17.6 Å². The smallest absolute Gasteiger partial charge is 0.338 e. The molecule has 1 aromatic rings. The summed E-state index contributed by atoms with van der Waals surface area (Å²) in [6.45, 7) is 3.83. The molecular formula is C20H24Cl2N2O4. The first-order chi connectivity index (χ1) is 13.3. The van der Waals surface area contributed by atoms with E-state index < -0.39 is 18.0 Å². The summed E-state index contributed by atoms with van der Waals surface area (Å²) in [4.78, 5) is 25.2. The minimum absolute atomic E-state index is 0.125. The topological polar surface area (TPSA) is 76.7 Å². The lowest BCUT2D eigenvalue weighted by Crippen LogP contribution is -2.45. The van der Waals surface area contributed by atoms with Gasteiger partial charge in [-0.2, -0.15) is 0 Å². The Labute approximate surface area is 174 Å². The third-order valence-corrected chi connectivity index (χ3v) is 5.70. The number of carbonyl (C=O) groups excluding carboxylic acids is 2. The van der Waals surface area contributed by atoms with Crippen molar-refractivity contribution >= 4 is 35.2 Å². The number of hydrogen-bond acceptors (Lipinski definition) is 4. The molecule has 1 aromatic carbocycles. The van der Waals surface area contributed by atoms with Crippen LogP contribution in [0.15, 0.2) is 23.4 Å². The number of rotatable bonds is 4. The van der Waals surface area contributed by atoms with E-state index >= 15 is 0 Å². The average molecular weight is 427 g/mol. The van der Waals surface area contributed by atoms with Gasteiger partial charge in [-0.3, -0.25) is 0 Å². The van der Waals surface area contributed by atoms with E-state index in [1.807, 2.05) is 0 Å². The lowest BCUT2D eigenvalue weighted by Gasteiger charge is -2.32. The second-order valence-electron chi connectivity index (χ2n) is 7.38. The average Bonchev–Trinajstić information content (AvgIpc) is 2.60. The highest BCUT2D eigenvalue weighted by atomic mass is 35.5. The third-order valence-electron chi connectivity index (χ3n) is 5.20. The zero-order chi connectivity index (χ0) is 20.4. The van der Waals surface area contributed by atoms with Gasteiger partial charge in [0, 0.05) is 16.3 Å². The van der Waals surface area contributed by atoms with Crippen LogP contribution in [0.1, 0.15) is 51.1 Å². The van der Waals surface area contributed by atoms with Crippen molar-refractivity contribution in [1.29, 1.82) is 0 Å². The summed E-state index contributed by atoms with van der Waals surface area (Å²) in [6.07, 6.45) is 3.75. The van der Waals surface area contributed by atoms with E-state index in [1.54, 1.807) is 19.1 Å². The summed E-state index contributed by atoms with van der Waals surface area (Å²) in [6, 6.07) is 1.97. The van der Waals surface area contributed by atoms with Crippen molar-refractivity contribution in [3.8, 4) is 5.75 Å². The Bertz CT molecular complexity index is 825. The molecule has 152 valence electrons. The minimum atomic E-state index is -0.784. The van der Waals surface area contributed by atoms with Crippen LogP contribution in [0.2, 0.25) is 10.0 Å². The fraction of sp³-hybridized carbons (Fsp3) is 0.500. The number of amides is 2. The van der Waals surface area contributed by atoms with Gasteiger partial charge in [-0.05, 0) is 44.2 Å². The van der Waals surface area contributed by atoms with Gasteiger partial charge in [0.2, 0.25) is 0 Å². The molecule has 1 heterocycles. The number of esters is 1. The largest absolute Gasteiger partial charge is 0.495 e. The Morgan fingerprint density at radius 2 is 2.00 bits per heavy atom. The van der Waals surface area contributed by atoms with Gasteiger partial charge in [-0.25, -0.2) is 9.59 Å². The Morgan fingerprint density at radius 1 is 1.25 bits per heavy atom. The van der Waals surface area contributed by atoms with Crippen molar-refractivity contribution in [2.45, 2.75) is 51.7 Å². The molecule has 0 aromatic heterocycles. The second-order valence-corrected chi connectivity index (χ2v) is 8.22. The number of ether oxygens (including phenoxy) is 2. The Morgan fingerprint density at radius 3 is 2.68 bits per heavy atom. The van der Waals surface area contributed by atoms with Crippen LogP contribution in [0.3, 0.4) is 0 Å². The second kappa shape index (κ2) is 8.62. The summed E-state index contributed by atoms with van der Waals surface area (Å²) < 4.78 is 11.2. The molecule has 8 heteroatoms. The van der Waals surface area contributed by atoms with Crippen LogP contribution in [-0.2, 0) is 9.53 Å². The standard InChI is InChI=1S/C20H24Cl2N2O4/c1-10-5-4-6-13(7-10)28-19(25)16-11(2)23-20(26)24-17(16)14-8-12(21)9-15(22)18(14)27-3/h8-10,13,17H,4-7H2,1-3H3,(H2,23,24,26)/t10-,13-,17+/m1/s1. The molecule has 3 rings (SSSR count). The highest BCUT2D eigenvalue weighted by Crippen LogP contribution is 2.40. The predicted octanol–water partition coefficient (Wildman–Crippen LogP) is 4.75. The maximum Gasteiger partial charge on any atom is 0.338 e. The van der Waals surface area contributed by atoms with Gasteiger partial charge in [-0.15, -0.1) is 0 Å². The summed E-state index contributed by atoms with van der Waals surface area (Å²) in [7, 11) is 1.47. The van der Waals surface area contributed by atoms with Crippen molar-refractivity contribution in [3.05, 3.63) is 39.0 Å². The molecule has 6 nitrogen and oxygen atoms in total. The molecule has 0 bridgehead atoms. The number of halogens is 2. The number of methoxy groups -OCH3 is 1. The highest BCUT2D eigenvalue weighted by Gasteiger charge is 2.36. The number of urea groups is 1. The first-order valence-corrected chi connectivity index (χ1v) is 10.1. The maximum absolute atomic E-state index is 13.1. The summed E-state index contributed by atoms with van der Waals surface area (Å²) >= 11 is 12.4. The Hall–Kier alpha value is -1.92. The molecule has 0 radical (unpaired) electrons. The molecule has 3 atom stereocenters. The molecule has 0 unspecified atom stereocenters. The van der Waals surface area contributed by atoms with Gasteiger partial charge < -0.3 is 20.1 Å². The van der Waals surface area contributed by atoms with Crippen molar-refractivity contribution < 1.29 is 19.1 Å². The molecule has 1 aliphatic heterocycles. The monoisotopic (exact) mass is 426 g/mol. The molecule has 2 N–H and O–H groups in total. The van der Waals surface area contributed by atoms with Crippen molar-refractivity contribution in [2.75, 3.05) is 7.11 Å². The fourth-order valence-corrected chi connectivity index (χ4v) is 4.49. The van der Waals surface area contributed by atoms with Crippen molar-refractivity contribution in [2.24, 2.45) is 5.92 Å². The van der Waals surface area contributed by atoms with E-state index in [0.717, 1.165) is 25.7 Å². The number of hydrogen-bond donors (Lipinski definition) is 2. The number of benzene rings is 1. The zero-order valence-corrected chi connectivity index (χ0v) is 17.6. The van der Waals surface area contributed by atoms with Crippen molar-refractivity contribution in [3.63, 3.8) is 0 Å². The molecule has 1 aliphatic carbocycles. The fourth-order valence-electron chi connectivity index (χ4n) is 3.91. The van der Waals surface area contributed by atoms with Crippen LogP contribution in [0.5, 0.6) is 5.75 Å². The predicted molar refractivity (Wildman–Crippen MR) is 108 cm³/mol. The minimum Gasteiger partial charge on any atom is -0.495 e. The summed E-state index contributed by atoms with van der Waals surface area (Å²) in [5.41, 5.74) is 1.24. The highest BCUT2D eigenvalue weighted by molar-refractivity contribution is 6.35. The van der Waals surface area contributed by atoms with Gasteiger partial charge in [0.1, 0.15) is 11.9 Å². The first-order valence-electron chi connectivity index (χ1n) is 9.32. The van der Waals surface area contributed by atoms with Gasteiger partial charge in [-0.1, -0.05) is 36.5 Å². The molecule has 0 spiro atoms. The lowest BCUT2D eigenvalue weighted by molar-refractivity contribution is -0.146. The molecule has 1 fully saturated rings. The van der Waals surface area contributed by atoms with Crippen LogP contribution in [0.4, 0.5) is 4.79 Å². The van der Waals surface area contributed by atoms with Crippen LogP contribution < -0.4 is 15.4 Å². The van der Waals surface area contributed by atoms with Gasteiger partial charge >= 0.3 is 12.0 Å².